The number of nitrogens with one attached hydrogen (secondary N) is 1. The Kier molecular flexibility index (Phi) is 4.18. The molecule has 0 spiro atoms. The molecule has 0 heterocycles. The van der Waals surface area contributed by atoms with Gasteiger partial charge in [-0.2, -0.15) is 0 Å². The maximum Gasteiger partial charge on any atom is 0.307 e. The number of rotatable bonds is 6. The molecule has 0 atom stereocenters. The largest absolute Gasteiger partial charge is 0.484 e. The monoisotopic (exact) mass is 343 g/mol. The van der Waals surface area contributed by atoms with Crippen molar-refractivity contribution in [3.05, 3.63) is 29.8 Å². The molecule has 4 aliphatic rings. The topological polar surface area (TPSA) is 75.6 Å². The van der Waals surface area contributed by atoms with E-state index in [-0.39, 0.29) is 24.5 Å². The van der Waals surface area contributed by atoms with Crippen LogP contribution in [-0.4, -0.2) is 29.1 Å². The summed E-state index contributed by atoms with van der Waals surface area (Å²) in [6.07, 6.45) is 7.46. The van der Waals surface area contributed by atoms with E-state index in [4.69, 9.17) is 9.84 Å². The minimum Gasteiger partial charge on any atom is -0.484 e. The van der Waals surface area contributed by atoms with Gasteiger partial charge in [-0.05, 0) is 74.0 Å². The van der Waals surface area contributed by atoms with Crippen LogP contribution in [0.3, 0.4) is 0 Å². The molecule has 0 unspecified atom stereocenters. The van der Waals surface area contributed by atoms with Crippen LogP contribution in [0.2, 0.25) is 0 Å². The molecule has 0 aromatic heterocycles. The van der Waals surface area contributed by atoms with E-state index in [1.807, 2.05) is 0 Å². The van der Waals surface area contributed by atoms with Crippen molar-refractivity contribution in [2.75, 3.05) is 6.61 Å². The maximum absolute atomic E-state index is 12.4. The number of carbonyl (C=O) groups excluding carboxylic acids is 1. The highest BCUT2D eigenvalue weighted by molar-refractivity contribution is 5.78. The summed E-state index contributed by atoms with van der Waals surface area (Å²) in [7, 11) is 0. The zero-order valence-corrected chi connectivity index (χ0v) is 14.4. The predicted molar refractivity (Wildman–Crippen MR) is 92.3 cm³/mol. The second-order valence-corrected chi connectivity index (χ2v) is 8.25. The van der Waals surface area contributed by atoms with Gasteiger partial charge in [0.25, 0.3) is 5.91 Å². The Labute approximate surface area is 147 Å². The van der Waals surface area contributed by atoms with Gasteiger partial charge in [0.15, 0.2) is 6.61 Å². The smallest absolute Gasteiger partial charge is 0.307 e. The van der Waals surface area contributed by atoms with Crippen LogP contribution in [-0.2, 0) is 16.0 Å². The van der Waals surface area contributed by atoms with Crippen molar-refractivity contribution >= 4 is 11.9 Å². The summed E-state index contributed by atoms with van der Waals surface area (Å²) in [5.41, 5.74) is 0.735. The van der Waals surface area contributed by atoms with Gasteiger partial charge in [-0.1, -0.05) is 12.1 Å². The molecule has 2 N–H and O–H groups in total. The number of hydrogen-bond donors (Lipinski definition) is 2. The lowest BCUT2D eigenvalue weighted by atomic mass is 9.53. The number of aliphatic carboxylic acids is 1. The molecule has 134 valence electrons. The van der Waals surface area contributed by atoms with Crippen molar-refractivity contribution in [1.82, 2.24) is 5.32 Å². The van der Waals surface area contributed by atoms with E-state index in [1.54, 1.807) is 24.3 Å². The Hall–Kier alpha value is -2.04. The van der Waals surface area contributed by atoms with Crippen LogP contribution in [0.15, 0.2) is 24.3 Å². The number of benzene rings is 1. The molecule has 5 heteroatoms. The quantitative estimate of drug-likeness (QED) is 0.833. The molecular weight excluding hydrogens is 318 g/mol. The third-order valence-corrected chi connectivity index (χ3v) is 6.09. The van der Waals surface area contributed by atoms with E-state index in [0.717, 1.165) is 42.6 Å². The number of carbonyl (C=O) groups is 2. The Morgan fingerprint density at radius 2 is 1.60 bits per heavy atom. The molecule has 4 aliphatic carbocycles. The summed E-state index contributed by atoms with van der Waals surface area (Å²) in [5, 5.41) is 12.1. The average molecular weight is 343 g/mol. The zero-order chi connectivity index (χ0) is 17.4. The van der Waals surface area contributed by atoms with Gasteiger partial charge in [0.1, 0.15) is 5.75 Å². The fourth-order valence-electron chi connectivity index (χ4n) is 5.62. The molecular formula is C20H25NO4. The summed E-state index contributed by atoms with van der Waals surface area (Å²) < 4.78 is 5.58. The summed E-state index contributed by atoms with van der Waals surface area (Å²) in [6, 6.07) is 6.88. The van der Waals surface area contributed by atoms with Gasteiger partial charge in [0.05, 0.1) is 6.42 Å². The number of hydrogen-bond acceptors (Lipinski definition) is 3. The van der Waals surface area contributed by atoms with Crippen molar-refractivity contribution in [1.29, 1.82) is 0 Å². The molecule has 1 aromatic rings. The normalized spacial score (nSPS) is 32.4. The Balaban J connectivity index is 1.30. The van der Waals surface area contributed by atoms with Crippen molar-refractivity contribution in [2.24, 2.45) is 17.8 Å². The van der Waals surface area contributed by atoms with Gasteiger partial charge in [-0.3, -0.25) is 9.59 Å². The molecule has 5 nitrogen and oxygen atoms in total. The first kappa shape index (κ1) is 16.4. The number of carboxylic acids is 1. The fraction of sp³-hybridized carbons (Fsp3) is 0.600. The first-order valence-corrected chi connectivity index (χ1v) is 9.24. The number of ether oxygens (including phenoxy) is 1. The van der Waals surface area contributed by atoms with Gasteiger partial charge in [0, 0.05) is 5.54 Å². The van der Waals surface area contributed by atoms with Gasteiger partial charge < -0.3 is 15.2 Å². The first-order chi connectivity index (χ1) is 12.0. The third kappa shape index (κ3) is 3.65. The summed E-state index contributed by atoms with van der Waals surface area (Å²) >= 11 is 0. The highest BCUT2D eigenvalue weighted by Crippen LogP contribution is 2.55. The molecule has 4 bridgehead atoms. The second kappa shape index (κ2) is 6.36. The second-order valence-electron chi connectivity index (χ2n) is 8.25. The van der Waals surface area contributed by atoms with Gasteiger partial charge in [0.2, 0.25) is 0 Å². The summed E-state index contributed by atoms with van der Waals surface area (Å²) in [5.74, 6) is 2.09. The lowest BCUT2D eigenvalue weighted by Crippen LogP contribution is -2.60. The molecule has 0 aliphatic heterocycles. The third-order valence-electron chi connectivity index (χ3n) is 6.09. The van der Waals surface area contributed by atoms with Crippen LogP contribution in [0.5, 0.6) is 5.75 Å². The van der Waals surface area contributed by atoms with Crippen LogP contribution in [0.1, 0.15) is 44.1 Å². The van der Waals surface area contributed by atoms with Crippen molar-refractivity contribution in [3.8, 4) is 5.75 Å². The van der Waals surface area contributed by atoms with E-state index in [0.29, 0.717) is 5.75 Å². The van der Waals surface area contributed by atoms with Crippen LogP contribution in [0.25, 0.3) is 0 Å². The predicted octanol–water partition coefficient (Wildman–Crippen LogP) is 2.78. The van der Waals surface area contributed by atoms with Gasteiger partial charge >= 0.3 is 5.97 Å². The number of amides is 1. The SMILES string of the molecule is O=C(O)Cc1ccc(OCC(=O)NC23CC4CC(CC(C4)C2)C3)cc1. The Morgan fingerprint density at radius 3 is 2.12 bits per heavy atom. The van der Waals surface area contributed by atoms with Crippen molar-refractivity contribution < 1.29 is 19.4 Å². The van der Waals surface area contributed by atoms with Crippen LogP contribution in [0, 0.1) is 17.8 Å². The Bertz CT molecular complexity index is 631. The fourth-order valence-corrected chi connectivity index (χ4v) is 5.62. The molecule has 1 amide bonds. The standard InChI is InChI=1S/C20H25NO4/c22-18(12-25-17-3-1-13(2-4-17)8-19(23)24)21-20-9-14-5-15(10-20)7-16(6-14)11-20/h1-4,14-16H,5-12H2,(H,21,22)(H,23,24). The van der Waals surface area contributed by atoms with E-state index >= 15 is 0 Å². The highest BCUT2D eigenvalue weighted by Gasteiger charge is 2.51. The van der Waals surface area contributed by atoms with Crippen molar-refractivity contribution in [3.63, 3.8) is 0 Å². The first-order valence-electron chi connectivity index (χ1n) is 9.24. The zero-order valence-electron chi connectivity index (χ0n) is 14.4. The Morgan fingerprint density at radius 1 is 1.04 bits per heavy atom. The minimum absolute atomic E-state index is 0.00716. The summed E-state index contributed by atoms with van der Waals surface area (Å²) in [4.78, 5) is 23.1. The molecule has 5 rings (SSSR count). The molecule has 0 radical (unpaired) electrons. The lowest BCUT2D eigenvalue weighted by Gasteiger charge is -2.56. The van der Waals surface area contributed by atoms with Gasteiger partial charge in [-0.25, -0.2) is 0 Å². The van der Waals surface area contributed by atoms with Gasteiger partial charge in [-0.15, -0.1) is 0 Å². The minimum atomic E-state index is -0.858. The van der Waals surface area contributed by atoms with E-state index in [9.17, 15) is 9.59 Å². The molecule has 4 saturated carbocycles. The number of carboxylic acid groups (broad SMARTS) is 1. The lowest BCUT2D eigenvalue weighted by molar-refractivity contribution is -0.136. The molecule has 0 saturated heterocycles. The van der Waals surface area contributed by atoms with E-state index in [2.05, 4.69) is 5.32 Å². The molecule has 25 heavy (non-hydrogen) atoms. The van der Waals surface area contributed by atoms with E-state index in [1.165, 1.54) is 19.3 Å². The van der Waals surface area contributed by atoms with Crippen molar-refractivity contribution in [2.45, 2.75) is 50.5 Å². The maximum atomic E-state index is 12.4. The van der Waals surface area contributed by atoms with Crippen LogP contribution >= 0.6 is 0 Å². The summed E-state index contributed by atoms with van der Waals surface area (Å²) in [6.45, 7) is 0.0139. The van der Waals surface area contributed by atoms with E-state index < -0.39 is 5.97 Å². The molecule has 1 aromatic carbocycles. The van der Waals surface area contributed by atoms with Crippen LogP contribution in [0.4, 0.5) is 0 Å². The highest BCUT2D eigenvalue weighted by atomic mass is 16.5. The average Bonchev–Trinajstić information content (AvgIpc) is 2.52. The van der Waals surface area contributed by atoms with Crippen LogP contribution < -0.4 is 10.1 Å². The molecule has 4 fully saturated rings.